The molecular formula is C14H15N5O. The molecular weight excluding hydrogens is 254 g/mol. The molecule has 0 aliphatic carbocycles. The standard InChI is InChI=1S/C14H15N5O/c1-2-7-15-8-14(20)18-13-5-3-12(4-6-13)9-19-11-16-10-17-19/h1,3-6,10-11,15H,7-9H2,(H,18,20). The van der Waals surface area contributed by atoms with Crippen LogP contribution in [0.5, 0.6) is 0 Å². The van der Waals surface area contributed by atoms with Gasteiger partial charge in [-0.25, -0.2) is 9.67 Å². The van der Waals surface area contributed by atoms with Crippen molar-refractivity contribution in [1.82, 2.24) is 20.1 Å². The van der Waals surface area contributed by atoms with Gasteiger partial charge in [-0.15, -0.1) is 6.42 Å². The predicted molar refractivity (Wildman–Crippen MR) is 75.9 cm³/mol. The van der Waals surface area contributed by atoms with E-state index in [-0.39, 0.29) is 12.5 Å². The minimum atomic E-state index is -0.121. The number of hydrogen-bond acceptors (Lipinski definition) is 4. The molecule has 0 aliphatic rings. The molecule has 1 amide bonds. The Kier molecular flexibility index (Phi) is 4.87. The molecule has 0 aliphatic heterocycles. The van der Waals surface area contributed by atoms with Gasteiger partial charge in [0.1, 0.15) is 12.7 Å². The van der Waals surface area contributed by atoms with Gasteiger partial charge in [-0.1, -0.05) is 18.1 Å². The lowest BCUT2D eigenvalue weighted by Gasteiger charge is -2.06. The van der Waals surface area contributed by atoms with Gasteiger partial charge < -0.3 is 5.32 Å². The van der Waals surface area contributed by atoms with Crippen molar-refractivity contribution in [2.45, 2.75) is 6.54 Å². The van der Waals surface area contributed by atoms with Crippen molar-refractivity contribution in [2.75, 3.05) is 18.4 Å². The molecule has 2 rings (SSSR count). The molecule has 6 heteroatoms. The number of amides is 1. The Morgan fingerprint density at radius 2 is 2.15 bits per heavy atom. The van der Waals surface area contributed by atoms with Crippen LogP contribution >= 0.6 is 0 Å². The molecule has 2 N–H and O–H groups in total. The lowest BCUT2D eigenvalue weighted by Crippen LogP contribution is -2.28. The Labute approximate surface area is 117 Å². The van der Waals surface area contributed by atoms with Gasteiger partial charge in [0.25, 0.3) is 0 Å². The molecule has 2 aromatic rings. The number of benzene rings is 1. The summed E-state index contributed by atoms with van der Waals surface area (Å²) in [4.78, 5) is 15.4. The molecule has 0 saturated heterocycles. The van der Waals surface area contributed by atoms with E-state index in [1.165, 1.54) is 6.33 Å². The summed E-state index contributed by atoms with van der Waals surface area (Å²) in [6, 6.07) is 7.58. The molecule has 102 valence electrons. The number of hydrogen-bond donors (Lipinski definition) is 2. The van der Waals surface area contributed by atoms with Gasteiger partial charge in [-0.05, 0) is 17.7 Å². The molecule has 0 unspecified atom stereocenters. The minimum absolute atomic E-state index is 0.121. The Hall–Kier alpha value is -2.65. The molecule has 20 heavy (non-hydrogen) atoms. The predicted octanol–water partition coefficient (Wildman–Crippen LogP) is 0.488. The molecule has 0 atom stereocenters. The minimum Gasteiger partial charge on any atom is -0.325 e. The van der Waals surface area contributed by atoms with Crippen LogP contribution in [0.15, 0.2) is 36.9 Å². The fourth-order valence-corrected chi connectivity index (χ4v) is 1.65. The maximum atomic E-state index is 11.6. The molecule has 1 aromatic heterocycles. The Balaban J connectivity index is 1.85. The smallest absolute Gasteiger partial charge is 0.238 e. The number of nitrogens with one attached hydrogen (secondary N) is 2. The highest BCUT2D eigenvalue weighted by Gasteiger charge is 2.01. The van der Waals surface area contributed by atoms with E-state index in [9.17, 15) is 4.79 Å². The van der Waals surface area contributed by atoms with Crippen LogP contribution < -0.4 is 10.6 Å². The third kappa shape index (κ3) is 4.23. The molecule has 0 saturated carbocycles. The topological polar surface area (TPSA) is 71.8 Å². The van der Waals surface area contributed by atoms with Gasteiger partial charge in [-0.3, -0.25) is 10.1 Å². The SMILES string of the molecule is C#CCNCC(=O)Nc1ccc(Cn2cncn2)cc1. The van der Waals surface area contributed by atoms with Crippen molar-refractivity contribution in [1.29, 1.82) is 0 Å². The van der Waals surface area contributed by atoms with Crippen molar-refractivity contribution in [3.05, 3.63) is 42.5 Å². The first-order chi connectivity index (χ1) is 9.78. The summed E-state index contributed by atoms with van der Waals surface area (Å²) < 4.78 is 1.73. The van der Waals surface area contributed by atoms with Crippen LogP contribution in [0.3, 0.4) is 0 Å². The maximum Gasteiger partial charge on any atom is 0.238 e. The normalized spacial score (nSPS) is 9.95. The maximum absolute atomic E-state index is 11.6. The van der Waals surface area contributed by atoms with Crippen LogP contribution in [0.25, 0.3) is 0 Å². The Bertz CT molecular complexity index is 583. The van der Waals surface area contributed by atoms with Crippen LogP contribution in [0.2, 0.25) is 0 Å². The fraction of sp³-hybridized carbons (Fsp3) is 0.214. The number of carbonyl (C=O) groups excluding carboxylic acids is 1. The van der Waals surface area contributed by atoms with Crippen LogP contribution in [0, 0.1) is 12.3 Å². The molecule has 6 nitrogen and oxygen atoms in total. The third-order valence-electron chi connectivity index (χ3n) is 2.56. The first-order valence-corrected chi connectivity index (χ1v) is 6.13. The van der Waals surface area contributed by atoms with E-state index in [4.69, 9.17) is 6.42 Å². The van der Waals surface area contributed by atoms with Crippen LogP contribution in [-0.4, -0.2) is 33.8 Å². The summed E-state index contributed by atoms with van der Waals surface area (Å²) in [6.45, 7) is 1.23. The van der Waals surface area contributed by atoms with E-state index < -0.39 is 0 Å². The number of rotatable bonds is 6. The number of anilines is 1. The molecule has 0 radical (unpaired) electrons. The van der Waals surface area contributed by atoms with Gasteiger partial charge >= 0.3 is 0 Å². The summed E-state index contributed by atoms with van der Waals surface area (Å²) in [5.41, 5.74) is 1.83. The van der Waals surface area contributed by atoms with E-state index in [1.807, 2.05) is 24.3 Å². The van der Waals surface area contributed by atoms with Gasteiger partial charge in [0, 0.05) is 5.69 Å². The summed E-state index contributed by atoms with van der Waals surface area (Å²) >= 11 is 0. The summed E-state index contributed by atoms with van der Waals surface area (Å²) in [7, 11) is 0. The average Bonchev–Trinajstić information content (AvgIpc) is 2.94. The molecule has 1 heterocycles. The molecule has 0 spiro atoms. The summed E-state index contributed by atoms with van der Waals surface area (Å²) in [5.74, 6) is 2.29. The van der Waals surface area contributed by atoms with E-state index in [0.717, 1.165) is 11.3 Å². The van der Waals surface area contributed by atoms with Crippen molar-refractivity contribution < 1.29 is 4.79 Å². The van der Waals surface area contributed by atoms with Gasteiger partial charge in [0.2, 0.25) is 5.91 Å². The highest BCUT2D eigenvalue weighted by Crippen LogP contribution is 2.10. The lowest BCUT2D eigenvalue weighted by atomic mass is 10.2. The summed E-state index contributed by atoms with van der Waals surface area (Å²) in [5, 5.41) is 9.65. The van der Waals surface area contributed by atoms with E-state index in [0.29, 0.717) is 13.1 Å². The number of carbonyl (C=O) groups is 1. The monoisotopic (exact) mass is 269 g/mol. The second-order valence-electron chi connectivity index (χ2n) is 4.15. The molecule has 0 bridgehead atoms. The fourth-order valence-electron chi connectivity index (χ4n) is 1.65. The largest absolute Gasteiger partial charge is 0.325 e. The number of nitrogens with zero attached hydrogens (tertiary/aromatic N) is 3. The van der Waals surface area contributed by atoms with Crippen molar-refractivity contribution in [3.8, 4) is 12.3 Å². The van der Waals surface area contributed by atoms with E-state index in [1.54, 1.807) is 11.0 Å². The third-order valence-corrected chi connectivity index (χ3v) is 2.56. The average molecular weight is 269 g/mol. The quantitative estimate of drug-likeness (QED) is 0.591. The molecule has 0 fully saturated rings. The zero-order valence-electron chi connectivity index (χ0n) is 10.9. The lowest BCUT2D eigenvalue weighted by molar-refractivity contribution is -0.115. The van der Waals surface area contributed by atoms with Crippen LogP contribution in [-0.2, 0) is 11.3 Å². The first kappa shape index (κ1) is 13.8. The zero-order valence-corrected chi connectivity index (χ0v) is 10.9. The second kappa shape index (κ2) is 7.07. The van der Waals surface area contributed by atoms with Crippen LogP contribution in [0.4, 0.5) is 5.69 Å². The van der Waals surface area contributed by atoms with Crippen molar-refractivity contribution >= 4 is 11.6 Å². The van der Waals surface area contributed by atoms with E-state index in [2.05, 4.69) is 26.6 Å². The Morgan fingerprint density at radius 1 is 1.35 bits per heavy atom. The van der Waals surface area contributed by atoms with Crippen LogP contribution in [0.1, 0.15) is 5.56 Å². The van der Waals surface area contributed by atoms with E-state index >= 15 is 0 Å². The zero-order chi connectivity index (χ0) is 14.2. The van der Waals surface area contributed by atoms with Crippen molar-refractivity contribution in [2.24, 2.45) is 0 Å². The van der Waals surface area contributed by atoms with Gasteiger partial charge in [-0.2, -0.15) is 5.10 Å². The van der Waals surface area contributed by atoms with Gasteiger partial charge in [0.05, 0.1) is 19.6 Å². The Morgan fingerprint density at radius 3 is 2.80 bits per heavy atom. The van der Waals surface area contributed by atoms with Crippen molar-refractivity contribution in [3.63, 3.8) is 0 Å². The summed E-state index contributed by atoms with van der Waals surface area (Å²) in [6.07, 6.45) is 8.24. The number of terminal acetylenes is 1. The highest BCUT2D eigenvalue weighted by molar-refractivity contribution is 5.92. The second-order valence-corrected chi connectivity index (χ2v) is 4.15. The first-order valence-electron chi connectivity index (χ1n) is 6.13. The molecule has 1 aromatic carbocycles. The highest BCUT2D eigenvalue weighted by atomic mass is 16.1. The van der Waals surface area contributed by atoms with Gasteiger partial charge in [0.15, 0.2) is 0 Å². The number of aromatic nitrogens is 3.